The summed E-state index contributed by atoms with van der Waals surface area (Å²) in [6, 6.07) is 0. The third kappa shape index (κ3) is 3.92. The molecule has 0 rings (SSSR count). The van der Waals surface area contributed by atoms with Gasteiger partial charge in [-0.05, 0) is 11.6 Å². The van der Waals surface area contributed by atoms with Gasteiger partial charge in [0.1, 0.15) is 5.76 Å². The van der Waals surface area contributed by atoms with Gasteiger partial charge in [0, 0.05) is 0 Å². The Morgan fingerprint density at radius 2 is 2.10 bits per heavy atom. The van der Waals surface area contributed by atoms with Crippen LogP contribution in [0.4, 0.5) is 0 Å². The molecule has 0 spiro atoms. The summed E-state index contributed by atoms with van der Waals surface area (Å²) < 4.78 is 4.74. The highest BCUT2D eigenvalue weighted by Crippen LogP contribution is 1.96. The van der Waals surface area contributed by atoms with Crippen LogP contribution in [-0.2, 0) is 4.74 Å². The van der Waals surface area contributed by atoms with Gasteiger partial charge in [0.25, 0.3) is 0 Å². The molecule has 0 aromatic carbocycles. The average Bonchev–Trinajstić information content (AvgIpc) is 1.99. The van der Waals surface area contributed by atoms with Crippen LogP contribution in [-0.4, -0.2) is 18.8 Å². The van der Waals surface area contributed by atoms with Gasteiger partial charge in [-0.3, -0.25) is 0 Å². The monoisotopic (exact) mass is 140 g/mol. The molecule has 56 valence electrons. The van der Waals surface area contributed by atoms with Gasteiger partial charge in [0.05, 0.1) is 13.7 Å². The van der Waals surface area contributed by atoms with Crippen molar-refractivity contribution in [3.63, 3.8) is 0 Å². The van der Waals surface area contributed by atoms with E-state index in [2.05, 4.69) is 13.2 Å². The van der Waals surface area contributed by atoms with Gasteiger partial charge >= 0.3 is 0 Å². The Labute approximate surface area is 61.1 Å². The van der Waals surface area contributed by atoms with E-state index in [1.807, 2.05) is 0 Å². The molecule has 2 heteroatoms. The lowest BCUT2D eigenvalue weighted by Crippen LogP contribution is -1.83. The highest BCUT2D eigenvalue weighted by molar-refractivity contribution is 5.21. The van der Waals surface area contributed by atoms with Gasteiger partial charge in [0.15, 0.2) is 0 Å². The zero-order valence-electron chi connectivity index (χ0n) is 6.13. The van der Waals surface area contributed by atoms with E-state index in [9.17, 15) is 0 Å². The normalized spacial score (nSPS) is 9.80. The maximum Gasteiger partial charge on any atom is 0.111 e. The Morgan fingerprint density at radius 3 is 2.50 bits per heavy atom. The van der Waals surface area contributed by atoms with Crippen LogP contribution in [0.25, 0.3) is 0 Å². The van der Waals surface area contributed by atoms with Gasteiger partial charge < -0.3 is 9.84 Å². The Balaban J connectivity index is 3.75. The molecule has 0 saturated carbocycles. The average molecular weight is 140 g/mol. The minimum absolute atomic E-state index is 0.0342. The number of aliphatic hydroxyl groups is 1. The highest BCUT2D eigenvalue weighted by Gasteiger charge is 1.84. The van der Waals surface area contributed by atoms with Gasteiger partial charge in [0.2, 0.25) is 0 Å². The van der Waals surface area contributed by atoms with Crippen molar-refractivity contribution in [3.8, 4) is 0 Å². The third-order valence-electron chi connectivity index (χ3n) is 0.970. The summed E-state index contributed by atoms with van der Waals surface area (Å²) in [4.78, 5) is 0. The SMILES string of the molecule is C=C(/C=C\C(=C)OC)CO. The minimum atomic E-state index is -0.0342. The molecule has 0 heterocycles. The summed E-state index contributed by atoms with van der Waals surface area (Å²) >= 11 is 0. The van der Waals surface area contributed by atoms with Crippen molar-refractivity contribution in [2.75, 3.05) is 13.7 Å². The molecule has 0 amide bonds. The largest absolute Gasteiger partial charge is 0.497 e. The van der Waals surface area contributed by atoms with Crippen LogP contribution in [0.2, 0.25) is 0 Å². The smallest absolute Gasteiger partial charge is 0.111 e. The summed E-state index contributed by atoms with van der Waals surface area (Å²) in [5.41, 5.74) is 0.637. The third-order valence-corrected chi connectivity index (χ3v) is 0.970. The molecule has 1 N–H and O–H groups in total. The quantitative estimate of drug-likeness (QED) is 0.470. The first-order chi connectivity index (χ1) is 4.70. The zero-order chi connectivity index (χ0) is 7.98. The fraction of sp³-hybridized carbons (Fsp3) is 0.250. The molecule has 0 unspecified atom stereocenters. The fourth-order valence-corrected chi connectivity index (χ4v) is 0.332. The van der Waals surface area contributed by atoms with Crippen LogP contribution in [0.1, 0.15) is 0 Å². The van der Waals surface area contributed by atoms with Crippen molar-refractivity contribution < 1.29 is 9.84 Å². The molecule has 0 aliphatic heterocycles. The highest BCUT2D eigenvalue weighted by atomic mass is 16.5. The van der Waals surface area contributed by atoms with Crippen molar-refractivity contribution in [1.29, 1.82) is 0 Å². The minimum Gasteiger partial charge on any atom is -0.497 e. The molecular formula is C8H12O2. The van der Waals surface area contributed by atoms with Crippen LogP contribution in [0.15, 0.2) is 36.6 Å². The first-order valence-electron chi connectivity index (χ1n) is 2.90. The Bertz CT molecular complexity index is 139. The van der Waals surface area contributed by atoms with Crippen LogP contribution in [0.5, 0.6) is 0 Å². The molecule has 10 heavy (non-hydrogen) atoms. The van der Waals surface area contributed by atoms with E-state index >= 15 is 0 Å². The maximum absolute atomic E-state index is 8.50. The number of aliphatic hydroxyl groups excluding tert-OH is 1. The van der Waals surface area contributed by atoms with Crippen molar-refractivity contribution in [2.45, 2.75) is 0 Å². The summed E-state index contributed by atoms with van der Waals surface area (Å²) in [6.07, 6.45) is 3.31. The van der Waals surface area contributed by atoms with E-state index in [1.165, 1.54) is 7.11 Å². The molecule has 0 atom stereocenters. The van der Waals surface area contributed by atoms with Crippen molar-refractivity contribution in [3.05, 3.63) is 36.6 Å². The summed E-state index contributed by atoms with van der Waals surface area (Å²) in [7, 11) is 1.54. The van der Waals surface area contributed by atoms with Crippen molar-refractivity contribution >= 4 is 0 Å². The van der Waals surface area contributed by atoms with E-state index in [-0.39, 0.29) is 6.61 Å². The van der Waals surface area contributed by atoms with Crippen LogP contribution in [0, 0.1) is 0 Å². The molecular weight excluding hydrogens is 128 g/mol. The number of ether oxygens (including phenoxy) is 1. The second kappa shape index (κ2) is 4.82. The van der Waals surface area contributed by atoms with Crippen molar-refractivity contribution in [2.24, 2.45) is 0 Å². The van der Waals surface area contributed by atoms with E-state index in [0.717, 1.165) is 0 Å². The van der Waals surface area contributed by atoms with Gasteiger partial charge in [-0.15, -0.1) is 0 Å². The lowest BCUT2D eigenvalue weighted by atomic mass is 10.3. The number of hydrogen-bond acceptors (Lipinski definition) is 2. The molecule has 0 aromatic heterocycles. The molecule has 0 aliphatic rings. The van der Waals surface area contributed by atoms with E-state index in [0.29, 0.717) is 11.3 Å². The molecule has 0 fully saturated rings. The van der Waals surface area contributed by atoms with Crippen molar-refractivity contribution in [1.82, 2.24) is 0 Å². The zero-order valence-corrected chi connectivity index (χ0v) is 6.13. The van der Waals surface area contributed by atoms with Gasteiger partial charge in [-0.2, -0.15) is 0 Å². The lowest BCUT2D eigenvalue weighted by molar-refractivity contribution is 0.308. The second-order valence-electron chi connectivity index (χ2n) is 1.82. The molecule has 0 radical (unpaired) electrons. The fourth-order valence-electron chi connectivity index (χ4n) is 0.332. The van der Waals surface area contributed by atoms with E-state index < -0.39 is 0 Å². The molecule has 0 aliphatic carbocycles. The first kappa shape index (κ1) is 8.98. The predicted octanol–water partition coefficient (Wildman–Crippen LogP) is 1.25. The molecule has 0 aromatic rings. The Morgan fingerprint density at radius 1 is 1.50 bits per heavy atom. The number of hydrogen-bond donors (Lipinski definition) is 1. The lowest BCUT2D eigenvalue weighted by Gasteiger charge is -1.95. The maximum atomic E-state index is 8.50. The van der Waals surface area contributed by atoms with Gasteiger partial charge in [-0.1, -0.05) is 19.2 Å². The predicted molar refractivity (Wildman–Crippen MR) is 41.5 cm³/mol. The second-order valence-corrected chi connectivity index (χ2v) is 1.82. The molecule has 2 nitrogen and oxygen atoms in total. The number of methoxy groups -OCH3 is 1. The molecule has 0 saturated heterocycles. The van der Waals surface area contributed by atoms with Crippen LogP contribution < -0.4 is 0 Å². The molecule has 0 bridgehead atoms. The van der Waals surface area contributed by atoms with Gasteiger partial charge in [-0.25, -0.2) is 0 Å². The standard InChI is InChI=1S/C8H12O2/c1-7(6-9)4-5-8(2)10-3/h4-5,9H,1-2,6H2,3H3/b5-4-. The van der Waals surface area contributed by atoms with Crippen LogP contribution >= 0.6 is 0 Å². The topological polar surface area (TPSA) is 29.5 Å². The van der Waals surface area contributed by atoms with E-state index in [1.54, 1.807) is 12.2 Å². The van der Waals surface area contributed by atoms with Crippen LogP contribution in [0.3, 0.4) is 0 Å². The summed E-state index contributed by atoms with van der Waals surface area (Å²) in [6.45, 7) is 7.06. The number of allylic oxidation sites excluding steroid dienone is 1. The number of rotatable bonds is 4. The summed E-state index contributed by atoms with van der Waals surface area (Å²) in [5, 5.41) is 8.50. The Hall–Kier alpha value is -1.02. The first-order valence-corrected chi connectivity index (χ1v) is 2.90. The van der Waals surface area contributed by atoms with E-state index in [4.69, 9.17) is 9.84 Å². The summed E-state index contributed by atoms with van der Waals surface area (Å²) in [5.74, 6) is 0.551. The Kier molecular flexibility index (Phi) is 4.33.